The summed E-state index contributed by atoms with van der Waals surface area (Å²) >= 11 is 0. The van der Waals surface area contributed by atoms with E-state index in [4.69, 9.17) is 5.11 Å². The molecule has 15 heavy (non-hydrogen) atoms. The van der Waals surface area contributed by atoms with E-state index in [1.807, 2.05) is 6.92 Å². The lowest BCUT2D eigenvalue weighted by molar-refractivity contribution is -0.137. The van der Waals surface area contributed by atoms with Gasteiger partial charge in [-0.05, 0) is 49.4 Å². The van der Waals surface area contributed by atoms with Crippen LogP contribution in [0.4, 0.5) is 4.39 Å². The number of carboxylic acid groups (broad SMARTS) is 1. The molecule has 0 fully saturated rings. The normalized spacial score (nSPS) is 10.3. The molecule has 0 atom stereocenters. The van der Waals surface area contributed by atoms with Crippen molar-refractivity contribution in [2.75, 3.05) is 0 Å². The summed E-state index contributed by atoms with van der Waals surface area (Å²) in [5.74, 6) is -0.985. The number of carbonyl (C=O) groups is 1. The third kappa shape index (κ3) is 3.35. The molecular formula is C12H15FO2. The van der Waals surface area contributed by atoms with Crippen LogP contribution in [0.5, 0.6) is 0 Å². The maximum Gasteiger partial charge on any atom is 0.303 e. The van der Waals surface area contributed by atoms with Gasteiger partial charge in [0.25, 0.3) is 0 Å². The first kappa shape index (κ1) is 11.7. The van der Waals surface area contributed by atoms with E-state index in [2.05, 4.69) is 0 Å². The van der Waals surface area contributed by atoms with Crippen molar-refractivity contribution < 1.29 is 14.3 Å². The minimum atomic E-state index is -0.786. The molecule has 1 aromatic carbocycles. The molecule has 82 valence electrons. The van der Waals surface area contributed by atoms with E-state index >= 15 is 0 Å². The van der Waals surface area contributed by atoms with E-state index in [0.717, 1.165) is 11.1 Å². The fourth-order valence-electron chi connectivity index (χ4n) is 1.54. The minimum absolute atomic E-state index is 0.163. The van der Waals surface area contributed by atoms with Crippen LogP contribution in [-0.2, 0) is 11.2 Å². The topological polar surface area (TPSA) is 37.3 Å². The Bertz CT molecular complexity index is 372. The second-order valence-electron chi connectivity index (χ2n) is 3.78. The zero-order valence-corrected chi connectivity index (χ0v) is 9.01. The molecule has 0 radical (unpaired) electrons. The standard InChI is InChI=1S/C12H15FO2/c1-8-7-11(13)9(2)6-10(8)4-3-5-12(14)15/h6-7H,3-5H2,1-2H3,(H,14,15). The van der Waals surface area contributed by atoms with Gasteiger partial charge < -0.3 is 5.11 Å². The van der Waals surface area contributed by atoms with Crippen LogP contribution in [0.15, 0.2) is 12.1 Å². The molecular weight excluding hydrogens is 195 g/mol. The second-order valence-corrected chi connectivity index (χ2v) is 3.78. The molecule has 0 spiro atoms. The highest BCUT2D eigenvalue weighted by atomic mass is 19.1. The van der Waals surface area contributed by atoms with E-state index in [9.17, 15) is 9.18 Å². The average Bonchev–Trinajstić information content (AvgIpc) is 2.13. The summed E-state index contributed by atoms with van der Waals surface area (Å²) in [6, 6.07) is 3.30. The van der Waals surface area contributed by atoms with E-state index in [1.54, 1.807) is 13.0 Å². The molecule has 2 nitrogen and oxygen atoms in total. The maximum absolute atomic E-state index is 13.1. The molecule has 1 rings (SSSR count). The molecule has 0 amide bonds. The summed E-state index contributed by atoms with van der Waals surface area (Å²) in [5.41, 5.74) is 2.55. The molecule has 0 saturated heterocycles. The van der Waals surface area contributed by atoms with Crippen LogP contribution in [0.2, 0.25) is 0 Å². The predicted molar refractivity (Wildman–Crippen MR) is 56.4 cm³/mol. The largest absolute Gasteiger partial charge is 0.481 e. The van der Waals surface area contributed by atoms with Gasteiger partial charge in [-0.1, -0.05) is 6.07 Å². The van der Waals surface area contributed by atoms with Gasteiger partial charge in [0.2, 0.25) is 0 Å². The van der Waals surface area contributed by atoms with Gasteiger partial charge in [-0.2, -0.15) is 0 Å². The molecule has 1 N–H and O–H groups in total. The SMILES string of the molecule is Cc1cc(CCCC(=O)O)c(C)cc1F. The van der Waals surface area contributed by atoms with Gasteiger partial charge >= 0.3 is 5.97 Å². The first-order chi connectivity index (χ1) is 7.00. The Kier molecular flexibility index (Phi) is 3.83. The molecule has 3 heteroatoms. The number of hydrogen-bond acceptors (Lipinski definition) is 1. The fraction of sp³-hybridized carbons (Fsp3) is 0.417. The van der Waals surface area contributed by atoms with Crippen LogP contribution in [0.3, 0.4) is 0 Å². The van der Waals surface area contributed by atoms with Crippen molar-refractivity contribution in [3.05, 3.63) is 34.6 Å². The van der Waals surface area contributed by atoms with E-state index in [1.165, 1.54) is 6.07 Å². The lowest BCUT2D eigenvalue weighted by atomic mass is 10.00. The van der Waals surface area contributed by atoms with Gasteiger partial charge in [-0.3, -0.25) is 4.79 Å². The average molecular weight is 210 g/mol. The number of carboxylic acids is 1. The molecule has 1 aromatic rings. The van der Waals surface area contributed by atoms with Crippen LogP contribution < -0.4 is 0 Å². The number of aryl methyl sites for hydroxylation is 3. The Labute approximate surface area is 88.7 Å². The first-order valence-electron chi connectivity index (χ1n) is 4.98. The molecule has 0 aliphatic carbocycles. The van der Waals surface area contributed by atoms with Crippen LogP contribution in [-0.4, -0.2) is 11.1 Å². The molecule has 0 heterocycles. The molecule has 0 unspecified atom stereocenters. The summed E-state index contributed by atoms with van der Waals surface area (Å²) in [5, 5.41) is 8.50. The highest BCUT2D eigenvalue weighted by Crippen LogP contribution is 2.16. The number of rotatable bonds is 4. The highest BCUT2D eigenvalue weighted by molar-refractivity contribution is 5.66. The maximum atomic E-state index is 13.1. The fourth-order valence-corrected chi connectivity index (χ4v) is 1.54. The first-order valence-corrected chi connectivity index (χ1v) is 4.98. The third-order valence-corrected chi connectivity index (χ3v) is 2.45. The van der Waals surface area contributed by atoms with E-state index in [-0.39, 0.29) is 12.2 Å². The van der Waals surface area contributed by atoms with E-state index in [0.29, 0.717) is 18.4 Å². The second kappa shape index (κ2) is 4.91. The predicted octanol–water partition coefficient (Wildman–Crippen LogP) is 2.85. The molecule has 0 bridgehead atoms. The molecule has 0 saturated carbocycles. The number of aliphatic carboxylic acids is 1. The van der Waals surface area contributed by atoms with Crippen molar-refractivity contribution in [3.63, 3.8) is 0 Å². The Morgan fingerprint density at radius 3 is 2.60 bits per heavy atom. The lowest BCUT2D eigenvalue weighted by Crippen LogP contribution is -1.98. The molecule has 0 aromatic heterocycles. The summed E-state index contributed by atoms with van der Waals surface area (Å²) < 4.78 is 13.1. The molecule has 0 aliphatic rings. The van der Waals surface area contributed by atoms with Crippen molar-refractivity contribution in [1.29, 1.82) is 0 Å². The minimum Gasteiger partial charge on any atom is -0.481 e. The van der Waals surface area contributed by atoms with Crippen molar-refractivity contribution in [2.24, 2.45) is 0 Å². The Morgan fingerprint density at radius 1 is 1.33 bits per heavy atom. The van der Waals surface area contributed by atoms with Crippen molar-refractivity contribution in [2.45, 2.75) is 33.1 Å². The smallest absolute Gasteiger partial charge is 0.303 e. The zero-order chi connectivity index (χ0) is 11.4. The lowest BCUT2D eigenvalue weighted by Gasteiger charge is -2.07. The highest BCUT2D eigenvalue weighted by Gasteiger charge is 2.05. The van der Waals surface area contributed by atoms with Gasteiger partial charge in [0.15, 0.2) is 0 Å². The summed E-state index contributed by atoms with van der Waals surface area (Å²) in [7, 11) is 0. The van der Waals surface area contributed by atoms with E-state index < -0.39 is 5.97 Å². The Balaban J connectivity index is 2.69. The van der Waals surface area contributed by atoms with Gasteiger partial charge in [0.1, 0.15) is 5.82 Å². The summed E-state index contributed by atoms with van der Waals surface area (Å²) in [4.78, 5) is 10.3. The molecule has 0 aliphatic heterocycles. The monoisotopic (exact) mass is 210 g/mol. The number of benzene rings is 1. The quantitative estimate of drug-likeness (QED) is 0.829. The Morgan fingerprint density at radius 2 is 2.00 bits per heavy atom. The van der Waals surface area contributed by atoms with Gasteiger partial charge in [-0.25, -0.2) is 4.39 Å². The van der Waals surface area contributed by atoms with Crippen LogP contribution in [0, 0.1) is 19.7 Å². The van der Waals surface area contributed by atoms with Crippen molar-refractivity contribution >= 4 is 5.97 Å². The summed E-state index contributed by atoms with van der Waals surface area (Å²) in [6.07, 6.45) is 1.45. The third-order valence-electron chi connectivity index (χ3n) is 2.45. The number of hydrogen-bond donors (Lipinski definition) is 1. The Hall–Kier alpha value is -1.38. The van der Waals surface area contributed by atoms with Crippen LogP contribution in [0.1, 0.15) is 29.5 Å². The van der Waals surface area contributed by atoms with Crippen LogP contribution in [0.25, 0.3) is 0 Å². The van der Waals surface area contributed by atoms with Gasteiger partial charge in [0.05, 0.1) is 0 Å². The zero-order valence-electron chi connectivity index (χ0n) is 9.01. The summed E-state index contributed by atoms with van der Waals surface area (Å²) in [6.45, 7) is 3.56. The van der Waals surface area contributed by atoms with Crippen molar-refractivity contribution in [3.8, 4) is 0 Å². The van der Waals surface area contributed by atoms with Gasteiger partial charge in [-0.15, -0.1) is 0 Å². The van der Waals surface area contributed by atoms with Crippen molar-refractivity contribution in [1.82, 2.24) is 0 Å². The number of halogens is 1. The van der Waals surface area contributed by atoms with Crippen LogP contribution >= 0.6 is 0 Å². The van der Waals surface area contributed by atoms with Gasteiger partial charge in [0, 0.05) is 6.42 Å².